The average molecular weight is 308 g/mol. The number of hydrogen-bond acceptors (Lipinski definition) is 6. The van der Waals surface area contributed by atoms with Crippen LogP contribution in [-0.2, 0) is 9.47 Å². The lowest BCUT2D eigenvalue weighted by Crippen LogP contribution is -2.16. The van der Waals surface area contributed by atoms with E-state index in [1.807, 2.05) is 0 Å². The molecule has 0 saturated heterocycles. The van der Waals surface area contributed by atoms with Gasteiger partial charge in [-0.3, -0.25) is 0 Å². The first-order chi connectivity index (χ1) is 9.90. The molecule has 1 aromatic carbocycles. The number of rotatable bonds is 4. The number of carbonyl (C=O) groups is 2. The molecule has 0 fully saturated rings. The number of halogens is 3. The Kier molecular flexibility index (Phi) is 5.82. The lowest BCUT2D eigenvalue weighted by atomic mass is 10.3. The van der Waals surface area contributed by atoms with Gasteiger partial charge < -0.3 is 18.9 Å². The molecular formula is C12H11F3O6. The molecule has 0 bridgehead atoms. The molecule has 6 nitrogen and oxygen atoms in total. The van der Waals surface area contributed by atoms with Gasteiger partial charge in [-0.05, 0) is 13.8 Å². The van der Waals surface area contributed by atoms with Crippen molar-refractivity contribution in [2.75, 3.05) is 13.2 Å². The molecule has 9 heteroatoms. The number of carbonyl (C=O) groups excluding carboxylic acids is 2. The fraction of sp³-hybridized carbons (Fsp3) is 0.333. The summed E-state index contributed by atoms with van der Waals surface area (Å²) in [7, 11) is 0. The molecule has 0 amide bonds. The first-order valence-electron chi connectivity index (χ1n) is 5.77. The van der Waals surface area contributed by atoms with Crippen LogP contribution in [0.4, 0.5) is 22.8 Å². The quantitative estimate of drug-likeness (QED) is 0.483. The Labute approximate surface area is 117 Å². The average Bonchev–Trinajstić information content (AvgIpc) is 2.41. The minimum atomic E-state index is -1.90. The summed E-state index contributed by atoms with van der Waals surface area (Å²) in [5.41, 5.74) is 0. The van der Waals surface area contributed by atoms with Crippen LogP contribution in [0.5, 0.6) is 11.5 Å². The summed E-state index contributed by atoms with van der Waals surface area (Å²) in [4.78, 5) is 22.3. The third-order valence-corrected chi connectivity index (χ3v) is 1.99. The summed E-state index contributed by atoms with van der Waals surface area (Å²) in [6, 6.07) is 0.337. The van der Waals surface area contributed by atoms with Crippen molar-refractivity contribution in [3.63, 3.8) is 0 Å². The lowest BCUT2D eigenvalue weighted by molar-refractivity contribution is 0.0920. The zero-order valence-corrected chi connectivity index (χ0v) is 11.1. The highest BCUT2D eigenvalue weighted by Gasteiger charge is 2.26. The van der Waals surface area contributed by atoms with Crippen LogP contribution >= 0.6 is 0 Å². The van der Waals surface area contributed by atoms with Crippen LogP contribution in [0.1, 0.15) is 13.8 Å². The van der Waals surface area contributed by atoms with Crippen LogP contribution in [-0.4, -0.2) is 25.5 Å². The van der Waals surface area contributed by atoms with Crippen LogP contribution in [0, 0.1) is 17.5 Å². The van der Waals surface area contributed by atoms with Crippen LogP contribution in [0.2, 0.25) is 0 Å². The van der Waals surface area contributed by atoms with Crippen molar-refractivity contribution in [2.45, 2.75) is 13.8 Å². The Bertz CT molecular complexity index is 546. The number of hydrogen-bond donors (Lipinski definition) is 0. The van der Waals surface area contributed by atoms with Gasteiger partial charge in [-0.25, -0.2) is 18.4 Å². The minimum absolute atomic E-state index is 0.0704. The van der Waals surface area contributed by atoms with Gasteiger partial charge >= 0.3 is 12.3 Å². The predicted octanol–water partition coefficient (Wildman–Crippen LogP) is 3.17. The van der Waals surface area contributed by atoms with E-state index in [2.05, 4.69) is 18.9 Å². The summed E-state index contributed by atoms with van der Waals surface area (Å²) in [6.07, 6.45) is -2.69. The zero-order chi connectivity index (χ0) is 16.0. The summed E-state index contributed by atoms with van der Waals surface area (Å²) < 4.78 is 57.4. The molecule has 0 N–H and O–H groups in total. The van der Waals surface area contributed by atoms with Crippen molar-refractivity contribution in [1.82, 2.24) is 0 Å². The molecule has 21 heavy (non-hydrogen) atoms. The fourth-order valence-corrected chi connectivity index (χ4v) is 1.20. The van der Waals surface area contributed by atoms with Gasteiger partial charge in [0.25, 0.3) is 0 Å². The maximum Gasteiger partial charge on any atom is 0.514 e. The molecular weight excluding hydrogens is 297 g/mol. The Morgan fingerprint density at radius 2 is 1.48 bits per heavy atom. The third-order valence-electron chi connectivity index (χ3n) is 1.99. The Hall–Kier alpha value is -2.45. The highest BCUT2D eigenvalue weighted by atomic mass is 19.2. The number of ether oxygens (including phenoxy) is 4. The lowest BCUT2D eigenvalue weighted by Gasteiger charge is -2.11. The van der Waals surface area contributed by atoms with Crippen molar-refractivity contribution in [2.24, 2.45) is 0 Å². The largest absolute Gasteiger partial charge is 0.514 e. The van der Waals surface area contributed by atoms with Gasteiger partial charge in [0, 0.05) is 6.07 Å². The summed E-state index contributed by atoms with van der Waals surface area (Å²) in [6.45, 7) is 2.74. The van der Waals surface area contributed by atoms with Gasteiger partial charge in [0.05, 0.1) is 13.2 Å². The number of benzene rings is 1. The summed E-state index contributed by atoms with van der Waals surface area (Å²) in [5.74, 6) is -7.37. The van der Waals surface area contributed by atoms with Gasteiger partial charge in [0.1, 0.15) is 0 Å². The van der Waals surface area contributed by atoms with E-state index in [0.29, 0.717) is 6.07 Å². The van der Waals surface area contributed by atoms with Gasteiger partial charge in [0.2, 0.25) is 11.6 Å². The molecule has 1 rings (SSSR count). The molecule has 0 heterocycles. The second-order valence-corrected chi connectivity index (χ2v) is 3.38. The molecule has 116 valence electrons. The maximum absolute atomic E-state index is 13.6. The minimum Gasteiger partial charge on any atom is -0.434 e. The van der Waals surface area contributed by atoms with E-state index in [9.17, 15) is 22.8 Å². The van der Waals surface area contributed by atoms with Crippen molar-refractivity contribution in [3.8, 4) is 11.5 Å². The van der Waals surface area contributed by atoms with Gasteiger partial charge in [-0.2, -0.15) is 4.39 Å². The fourth-order valence-electron chi connectivity index (χ4n) is 1.20. The van der Waals surface area contributed by atoms with Gasteiger partial charge in [-0.1, -0.05) is 0 Å². The van der Waals surface area contributed by atoms with E-state index < -0.39 is 41.3 Å². The third kappa shape index (κ3) is 4.26. The summed E-state index contributed by atoms with van der Waals surface area (Å²) in [5, 5.41) is 0. The molecule has 0 spiro atoms. The molecule has 0 aliphatic heterocycles. The normalized spacial score (nSPS) is 9.95. The maximum atomic E-state index is 13.6. The van der Waals surface area contributed by atoms with E-state index in [4.69, 9.17) is 0 Å². The first kappa shape index (κ1) is 16.6. The first-order valence-corrected chi connectivity index (χ1v) is 5.77. The van der Waals surface area contributed by atoms with Gasteiger partial charge in [-0.15, -0.1) is 0 Å². The van der Waals surface area contributed by atoms with E-state index in [0.717, 1.165) is 0 Å². The molecule has 0 aliphatic carbocycles. The predicted molar refractivity (Wildman–Crippen MR) is 61.6 cm³/mol. The van der Waals surface area contributed by atoms with E-state index in [1.54, 1.807) is 0 Å². The van der Waals surface area contributed by atoms with Crippen molar-refractivity contribution in [1.29, 1.82) is 0 Å². The monoisotopic (exact) mass is 308 g/mol. The standard InChI is InChI=1S/C12H11F3O6/c1-3-18-11(16)20-7-5-6(13)8(14)9(15)10(7)21-12(17)19-4-2/h5H,3-4H2,1-2H3. The van der Waals surface area contributed by atoms with Crippen LogP contribution < -0.4 is 9.47 Å². The highest BCUT2D eigenvalue weighted by Crippen LogP contribution is 2.34. The van der Waals surface area contributed by atoms with Crippen molar-refractivity contribution in [3.05, 3.63) is 23.5 Å². The summed E-state index contributed by atoms with van der Waals surface area (Å²) >= 11 is 0. The molecule has 0 saturated carbocycles. The van der Waals surface area contributed by atoms with Crippen LogP contribution in [0.15, 0.2) is 6.07 Å². The van der Waals surface area contributed by atoms with E-state index in [1.165, 1.54) is 13.8 Å². The van der Waals surface area contributed by atoms with Crippen LogP contribution in [0.3, 0.4) is 0 Å². The van der Waals surface area contributed by atoms with E-state index in [-0.39, 0.29) is 13.2 Å². The second-order valence-electron chi connectivity index (χ2n) is 3.38. The van der Waals surface area contributed by atoms with Crippen molar-refractivity contribution < 1.29 is 41.7 Å². The molecule has 0 atom stereocenters. The Morgan fingerprint density at radius 1 is 0.952 bits per heavy atom. The zero-order valence-electron chi connectivity index (χ0n) is 11.1. The van der Waals surface area contributed by atoms with E-state index >= 15 is 0 Å². The molecule has 0 aliphatic rings. The molecule has 0 unspecified atom stereocenters. The Balaban J connectivity index is 3.14. The van der Waals surface area contributed by atoms with Crippen LogP contribution in [0.25, 0.3) is 0 Å². The molecule has 0 aromatic heterocycles. The highest BCUT2D eigenvalue weighted by molar-refractivity contribution is 5.69. The van der Waals surface area contributed by atoms with Crippen molar-refractivity contribution >= 4 is 12.3 Å². The van der Waals surface area contributed by atoms with Gasteiger partial charge in [0.15, 0.2) is 17.4 Å². The second kappa shape index (κ2) is 7.36. The Morgan fingerprint density at radius 3 is 2.00 bits per heavy atom. The SMILES string of the molecule is CCOC(=O)Oc1cc(F)c(F)c(F)c1OC(=O)OCC. The molecule has 1 aromatic rings. The smallest absolute Gasteiger partial charge is 0.434 e. The molecule has 0 radical (unpaired) electrons. The topological polar surface area (TPSA) is 71.1 Å².